The maximum absolute atomic E-state index is 13.3. The molecule has 0 bridgehead atoms. The number of benzene rings is 3. The first-order chi connectivity index (χ1) is 17.6. The number of carbonyl (C=O) groups is 2. The SMILES string of the molecule is COCCN(C(=O)NC/C=C/c1cccc2ccccc12)C1(C=O)CCN(Cc2ccccc2)CC1. The molecule has 0 aromatic heterocycles. The fourth-order valence-corrected chi connectivity index (χ4v) is 4.92. The van der Waals surface area contributed by atoms with E-state index in [9.17, 15) is 9.59 Å². The summed E-state index contributed by atoms with van der Waals surface area (Å²) in [6.07, 6.45) is 6.15. The molecule has 0 unspecified atom stereocenters. The third-order valence-electron chi connectivity index (χ3n) is 6.98. The molecule has 4 rings (SSSR count). The van der Waals surface area contributed by atoms with Crippen molar-refractivity contribution in [1.82, 2.24) is 15.1 Å². The van der Waals surface area contributed by atoms with E-state index in [2.05, 4.69) is 46.6 Å². The molecule has 1 aliphatic heterocycles. The molecular weight excluding hydrogens is 450 g/mol. The number of amides is 2. The highest BCUT2D eigenvalue weighted by Gasteiger charge is 2.42. The summed E-state index contributed by atoms with van der Waals surface area (Å²) in [5.41, 5.74) is 1.53. The summed E-state index contributed by atoms with van der Waals surface area (Å²) in [5.74, 6) is 0. The molecular formula is C30H35N3O3. The minimum Gasteiger partial charge on any atom is -0.383 e. The average molecular weight is 486 g/mol. The van der Waals surface area contributed by atoms with E-state index < -0.39 is 5.54 Å². The second-order valence-corrected chi connectivity index (χ2v) is 9.28. The Bertz CT molecular complexity index is 1170. The first kappa shape index (κ1) is 25.6. The van der Waals surface area contributed by atoms with Crippen molar-refractivity contribution in [3.05, 3.63) is 90.0 Å². The van der Waals surface area contributed by atoms with Crippen molar-refractivity contribution in [2.45, 2.75) is 24.9 Å². The van der Waals surface area contributed by atoms with Gasteiger partial charge in [-0.2, -0.15) is 0 Å². The molecule has 3 aromatic carbocycles. The lowest BCUT2D eigenvalue weighted by molar-refractivity contribution is -0.120. The third kappa shape index (κ3) is 6.20. The van der Waals surface area contributed by atoms with Gasteiger partial charge >= 0.3 is 6.03 Å². The summed E-state index contributed by atoms with van der Waals surface area (Å²) in [5, 5.41) is 5.34. The zero-order chi connectivity index (χ0) is 25.2. The van der Waals surface area contributed by atoms with Crippen molar-refractivity contribution < 1.29 is 14.3 Å². The standard InChI is InChI=1S/C30H35N3O3/c1-36-22-21-33(30(24-34)16-19-32(20-17-30)23-25-9-3-2-4-10-25)29(35)31-18-8-14-27-13-7-12-26-11-5-6-15-28(26)27/h2-15,24H,16-23H2,1H3,(H,31,35)/b14-8+. The van der Waals surface area contributed by atoms with Crippen LogP contribution in [0.15, 0.2) is 78.9 Å². The first-order valence-corrected chi connectivity index (χ1v) is 12.6. The number of hydrogen-bond donors (Lipinski definition) is 1. The summed E-state index contributed by atoms with van der Waals surface area (Å²) in [7, 11) is 1.61. The van der Waals surface area contributed by atoms with Crippen molar-refractivity contribution >= 4 is 29.2 Å². The van der Waals surface area contributed by atoms with E-state index in [0.29, 0.717) is 32.5 Å². The van der Waals surface area contributed by atoms with Crippen LogP contribution in [-0.2, 0) is 16.1 Å². The molecule has 1 N–H and O–H groups in total. The van der Waals surface area contributed by atoms with Crippen molar-refractivity contribution in [3.63, 3.8) is 0 Å². The fourth-order valence-electron chi connectivity index (χ4n) is 4.92. The van der Waals surface area contributed by atoms with Gasteiger partial charge in [-0.15, -0.1) is 0 Å². The van der Waals surface area contributed by atoms with Gasteiger partial charge in [0, 0.05) is 39.8 Å². The van der Waals surface area contributed by atoms with Crippen LogP contribution in [0.4, 0.5) is 4.79 Å². The lowest BCUT2D eigenvalue weighted by atomic mass is 9.87. The number of nitrogens with one attached hydrogen (secondary N) is 1. The number of likely N-dealkylation sites (tertiary alicyclic amines) is 1. The Balaban J connectivity index is 1.38. The number of piperidine rings is 1. The number of fused-ring (bicyclic) bond motifs is 1. The number of nitrogens with zero attached hydrogens (tertiary/aromatic N) is 2. The summed E-state index contributed by atoms with van der Waals surface area (Å²) in [6, 6.07) is 24.5. The molecule has 0 atom stereocenters. The lowest BCUT2D eigenvalue weighted by Crippen LogP contribution is -2.61. The molecule has 6 nitrogen and oxygen atoms in total. The second-order valence-electron chi connectivity index (χ2n) is 9.28. The predicted octanol–water partition coefficient (Wildman–Crippen LogP) is 4.74. The molecule has 0 spiro atoms. The van der Waals surface area contributed by atoms with Crippen LogP contribution in [0, 0.1) is 0 Å². The fraction of sp³-hybridized carbons (Fsp3) is 0.333. The van der Waals surface area contributed by atoms with E-state index in [0.717, 1.165) is 31.5 Å². The quantitative estimate of drug-likeness (QED) is 0.421. The summed E-state index contributed by atoms with van der Waals surface area (Å²) in [4.78, 5) is 29.7. The van der Waals surface area contributed by atoms with E-state index >= 15 is 0 Å². The van der Waals surface area contributed by atoms with Crippen LogP contribution in [0.25, 0.3) is 16.8 Å². The minimum absolute atomic E-state index is 0.238. The molecule has 0 saturated carbocycles. The van der Waals surface area contributed by atoms with Crippen LogP contribution in [-0.4, -0.2) is 67.6 Å². The zero-order valence-corrected chi connectivity index (χ0v) is 20.9. The summed E-state index contributed by atoms with van der Waals surface area (Å²) >= 11 is 0. The highest BCUT2D eigenvalue weighted by molar-refractivity contribution is 5.90. The smallest absolute Gasteiger partial charge is 0.318 e. The molecule has 188 valence electrons. The Morgan fingerprint density at radius 3 is 2.50 bits per heavy atom. The zero-order valence-electron chi connectivity index (χ0n) is 20.9. The van der Waals surface area contributed by atoms with Gasteiger partial charge in [0.1, 0.15) is 11.8 Å². The maximum atomic E-state index is 13.3. The second kappa shape index (κ2) is 12.5. The van der Waals surface area contributed by atoms with Crippen molar-refractivity contribution in [2.24, 2.45) is 0 Å². The van der Waals surface area contributed by atoms with Crippen LogP contribution >= 0.6 is 0 Å². The number of urea groups is 1. The molecule has 36 heavy (non-hydrogen) atoms. The van der Waals surface area contributed by atoms with Crippen molar-refractivity contribution in [3.8, 4) is 0 Å². The van der Waals surface area contributed by atoms with Crippen molar-refractivity contribution in [1.29, 1.82) is 0 Å². The Morgan fingerprint density at radius 1 is 1.03 bits per heavy atom. The molecule has 1 saturated heterocycles. The van der Waals surface area contributed by atoms with Crippen LogP contribution in [0.1, 0.15) is 24.0 Å². The van der Waals surface area contributed by atoms with Gasteiger partial charge in [0.2, 0.25) is 0 Å². The largest absolute Gasteiger partial charge is 0.383 e. The lowest BCUT2D eigenvalue weighted by Gasteiger charge is -2.45. The van der Waals surface area contributed by atoms with Gasteiger partial charge in [-0.25, -0.2) is 4.79 Å². The predicted molar refractivity (Wildman–Crippen MR) is 145 cm³/mol. The highest BCUT2D eigenvalue weighted by atomic mass is 16.5. The van der Waals surface area contributed by atoms with E-state index in [4.69, 9.17) is 4.74 Å². The van der Waals surface area contributed by atoms with E-state index in [-0.39, 0.29) is 6.03 Å². The van der Waals surface area contributed by atoms with Gasteiger partial charge in [0.25, 0.3) is 0 Å². The first-order valence-electron chi connectivity index (χ1n) is 12.6. The molecule has 0 radical (unpaired) electrons. The molecule has 6 heteroatoms. The van der Waals surface area contributed by atoms with Crippen LogP contribution in [0.3, 0.4) is 0 Å². The van der Waals surface area contributed by atoms with Gasteiger partial charge in [0.05, 0.1) is 6.61 Å². The number of hydrogen-bond acceptors (Lipinski definition) is 4. The normalized spacial score (nSPS) is 15.7. The van der Waals surface area contributed by atoms with Gasteiger partial charge in [-0.3, -0.25) is 4.90 Å². The minimum atomic E-state index is -0.824. The Kier molecular flexibility index (Phi) is 8.87. The number of methoxy groups -OCH3 is 1. The van der Waals surface area contributed by atoms with Gasteiger partial charge in [-0.05, 0) is 34.7 Å². The molecule has 2 amide bonds. The van der Waals surface area contributed by atoms with Gasteiger partial charge in [0.15, 0.2) is 0 Å². The highest BCUT2D eigenvalue weighted by Crippen LogP contribution is 2.28. The molecule has 1 fully saturated rings. The topological polar surface area (TPSA) is 61.9 Å². The Labute approximate surface area is 213 Å². The Hall–Kier alpha value is -3.48. The summed E-state index contributed by atoms with van der Waals surface area (Å²) < 4.78 is 5.27. The molecule has 0 aliphatic carbocycles. The van der Waals surface area contributed by atoms with Gasteiger partial charge < -0.3 is 19.7 Å². The summed E-state index contributed by atoms with van der Waals surface area (Å²) in [6.45, 7) is 3.48. The van der Waals surface area contributed by atoms with Crippen LogP contribution in [0.5, 0.6) is 0 Å². The average Bonchev–Trinajstić information content (AvgIpc) is 2.93. The van der Waals surface area contributed by atoms with Crippen molar-refractivity contribution in [2.75, 3.05) is 39.9 Å². The number of carbonyl (C=O) groups excluding carboxylic acids is 2. The number of ether oxygens (including phenoxy) is 1. The molecule has 1 heterocycles. The maximum Gasteiger partial charge on any atom is 0.318 e. The monoisotopic (exact) mass is 485 g/mol. The number of rotatable bonds is 10. The third-order valence-corrected chi connectivity index (χ3v) is 6.98. The van der Waals surface area contributed by atoms with E-state index in [1.807, 2.05) is 48.6 Å². The van der Waals surface area contributed by atoms with E-state index in [1.54, 1.807) is 12.0 Å². The van der Waals surface area contributed by atoms with E-state index in [1.165, 1.54) is 16.3 Å². The Morgan fingerprint density at radius 2 is 1.75 bits per heavy atom. The van der Waals surface area contributed by atoms with Gasteiger partial charge in [-0.1, -0.05) is 84.9 Å². The van der Waals surface area contributed by atoms with Crippen LogP contribution < -0.4 is 5.32 Å². The molecule has 1 aliphatic rings. The molecule has 3 aromatic rings. The van der Waals surface area contributed by atoms with Crippen LogP contribution in [0.2, 0.25) is 0 Å². The number of aldehydes is 1.